The second-order valence-electron chi connectivity index (χ2n) is 19.6. The number of ketones is 1. The molecule has 0 aromatic heterocycles. The van der Waals surface area contributed by atoms with Gasteiger partial charge in [0.25, 0.3) is 11.7 Å². The minimum Gasteiger partial charge on any atom is -0.507 e. The zero-order valence-electron chi connectivity index (χ0n) is 41.8. The molecule has 1 fully saturated rings. The van der Waals surface area contributed by atoms with Gasteiger partial charge in [-0.25, -0.2) is 5.84 Å². The van der Waals surface area contributed by atoms with E-state index in [1.165, 1.54) is 24.4 Å². The average molecular weight is 946 g/mol. The van der Waals surface area contributed by atoms with E-state index in [9.17, 15) is 29.7 Å². The van der Waals surface area contributed by atoms with E-state index in [0.717, 1.165) is 33.2 Å². The van der Waals surface area contributed by atoms with E-state index in [0.29, 0.717) is 49.3 Å². The first-order valence-corrected chi connectivity index (χ1v) is 23.9. The lowest BCUT2D eigenvalue weighted by molar-refractivity contribution is -0.159. The molecule has 5 bridgehead atoms. The van der Waals surface area contributed by atoms with Crippen LogP contribution in [0.5, 0.6) is 17.2 Å². The van der Waals surface area contributed by atoms with Gasteiger partial charge in [0.15, 0.2) is 11.4 Å². The van der Waals surface area contributed by atoms with Gasteiger partial charge in [-0.05, 0) is 62.9 Å². The minimum atomic E-state index is -1.90. The first-order valence-electron chi connectivity index (χ1n) is 23.9. The fourth-order valence-corrected chi connectivity index (χ4v) is 9.75. The number of piperidine rings is 1. The lowest BCUT2D eigenvalue weighted by Gasteiger charge is -2.36. The number of phenolic OH excluding ortho intramolecular Hbond substituents is 2. The van der Waals surface area contributed by atoms with Crippen LogP contribution in [0.2, 0.25) is 0 Å². The lowest BCUT2D eigenvalue weighted by Crippen LogP contribution is -2.43. The highest BCUT2D eigenvalue weighted by atomic mass is 16.7. The summed E-state index contributed by atoms with van der Waals surface area (Å²) in [6, 6.07) is 0. The highest BCUT2D eigenvalue weighted by Crippen LogP contribution is 2.50. The van der Waals surface area contributed by atoms with E-state index >= 15 is 0 Å². The summed E-state index contributed by atoms with van der Waals surface area (Å²) in [7, 11) is 1.00. The van der Waals surface area contributed by atoms with Gasteiger partial charge in [-0.15, -0.1) is 0 Å². The minimum absolute atomic E-state index is 0.0143. The number of ether oxygens (including phenoxy) is 3. The van der Waals surface area contributed by atoms with Crippen molar-refractivity contribution in [2.45, 2.75) is 131 Å². The maximum Gasteiger partial charge on any atom is 0.327 e. The number of aromatic hydroxyl groups is 2. The normalized spacial score (nSPS) is 28.3. The summed E-state index contributed by atoms with van der Waals surface area (Å²) in [6.45, 7) is 20.8. The Balaban J connectivity index is 0.00000426. The predicted octanol–water partition coefficient (Wildman–Crippen LogP) is 5.52. The zero-order chi connectivity index (χ0) is 50.4. The molecule has 17 nitrogen and oxygen atoms in total. The molecule has 2 aromatic rings. The summed E-state index contributed by atoms with van der Waals surface area (Å²) < 4.78 is 18.6. The van der Waals surface area contributed by atoms with Gasteiger partial charge in [-0.2, -0.15) is 0 Å². The van der Waals surface area contributed by atoms with Crippen LogP contribution in [0, 0.1) is 36.5 Å². The van der Waals surface area contributed by atoms with Crippen molar-refractivity contribution in [3.8, 4) is 17.2 Å². The summed E-state index contributed by atoms with van der Waals surface area (Å²) in [5.74, 6) is 1.18. The van der Waals surface area contributed by atoms with Crippen molar-refractivity contribution < 1.29 is 49.0 Å². The van der Waals surface area contributed by atoms with Crippen LogP contribution >= 0.6 is 0 Å². The molecule has 5 heterocycles. The Bertz CT molecular complexity index is 2460. The zero-order valence-corrected chi connectivity index (χ0v) is 41.8. The topological polar surface area (TPSA) is 255 Å². The number of rotatable bonds is 8. The van der Waals surface area contributed by atoms with Crippen LogP contribution in [-0.4, -0.2) is 105 Å². The SMILES string of the molecule is CCC/C(N)=C/N(N)CC(=O)OC1[C@H](C)C(O)[C@H](C)CC(C)/C=C/C=C(/C)C(=O)Nc2c(O)c3c(O)c(C)c4c(c3c3c2=NC2(CCN(CC(C)C)CC2)N=3)C(=O)C(C)(O/C=C/C[C@H]1C)O4.CO. The molecule has 9 N–H and O–H groups in total. The van der Waals surface area contributed by atoms with E-state index in [1.807, 2.05) is 40.7 Å². The monoisotopic (exact) mass is 946 g/mol. The number of nitrogens with two attached hydrogens (primary N) is 2. The van der Waals surface area contributed by atoms with Gasteiger partial charge in [0.1, 0.15) is 35.2 Å². The Hall–Kier alpha value is -5.49. The lowest BCUT2D eigenvalue weighted by atomic mass is 9.80. The number of Topliss-reactive ketones (excluding diaryl/α,β-unsaturated/α-hetero) is 1. The number of carbonyl (C=O) groups excluding carboxylic acids is 3. The van der Waals surface area contributed by atoms with Crippen LogP contribution in [0.25, 0.3) is 10.8 Å². The van der Waals surface area contributed by atoms with E-state index in [4.69, 9.17) is 40.9 Å². The van der Waals surface area contributed by atoms with Crippen molar-refractivity contribution in [2.75, 3.05) is 38.6 Å². The van der Waals surface area contributed by atoms with Gasteiger partial charge >= 0.3 is 11.8 Å². The maximum absolute atomic E-state index is 14.8. The Morgan fingerprint density at radius 1 is 1.06 bits per heavy atom. The molecule has 1 spiro atoms. The number of likely N-dealkylation sites (tertiary alicyclic amines) is 1. The van der Waals surface area contributed by atoms with Crippen LogP contribution in [0.3, 0.4) is 0 Å². The van der Waals surface area contributed by atoms with Crippen LogP contribution in [0.4, 0.5) is 5.69 Å². The fraction of sp³-hybridized carbons (Fsp3) is 0.588. The fourth-order valence-electron chi connectivity index (χ4n) is 9.75. The third kappa shape index (κ3) is 11.5. The number of benzene rings is 2. The second kappa shape index (κ2) is 22.3. The van der Waals surface area contributed by atoms with Crippen molar-refractivity contribution in [2.24, 2.45) is 51.2 Å². The van der Waals surface area contributed by atoms with Crippen molar-refractivity contribution in [3.63, 3.8) is 0 Å². The number of aliphatic hydroxyl groups excluding tert-OH is 2. The summed E-state index contributed by atoms with van der Waals surface area (Å²) in [5, 5.41) is 47.4. The van der Waals surface area contributed by atoms with Crippen molar-refractivity contribution in [1.82, 2.24) is 9.91 Å². The molecule has 17 heteroatoms. The summed E-state index contributed by atoms with van der Waals surface area (Å²) >= 11 is 0. The van der Waals surface area contributed by atoms with Crippen LogP contribution < -0.4 is 32.3 Å². The number of phenols is 2. The van der Waals surface area contributed by atoms with Crippen LogP contribution in [0.15, 0.2) is 58.0 Å². The Morgan fingerprint density at radius 3 is 2.37 bits per heavy atom. The molecule has 1 saturated heterocycles. The smallest absolute Gasteiger partial charge is 0.327 e. The molecule has 5 aliphatic heterocycles. The number of hydrogen-bond donors (Lipinski definition) is 7. The largest absolute Gasteiger partial charge is 0.507 e. The summed E-state index contributed by atoms with van der Waals surface area (Å²) in [5.41, 5.74) is 6.20. The molecule has 2 aromatic carbocycles. The third-order valence-electron chi connectivity index (χ3n) is 13.4. The van der Waals surface area contributed by atoms with Crippen molar-refractivity contribution >= 4 is 34.1 Å². The molecule has 4 unspecified atom stereocenters. The molecule has 68 heavy (non-hydrogen) atoms. The number of nitrogens with one attached hydrogen (secondary N) is 1. The summed E-state index contributed by atoms with van der Waals surface area (Å²) in [4.78, 5) is 54.8. The van der Waals surface area contributed by atoms with E-state index in [-0.39, 0.29) is 74.1 Å². The Morgan fingerprint density at radius 2 is 1.72 bits per heavy atom. The van der Waals surface area contributed by atoms with Crippen LogP contribution in [-0.2, 0) is 19.1 Å². The second-order valence-corrected chi connectivity index (χ2v) is 19.6. The highest BCUT2D eigenvalue weighted by Gasteiger charge is 2.50. The van der Waals surface area contributed by atoms with E-state index < -0.39 is 53.0 Å². The number of carbonyl (C=O) groups is 3. The van der Waals surface area contributed by atoms with Gasteiger partial charge in [0.05, 0.1) is 28.7 Å². The van der Waals surface area contributed by atoms with Gasteiger partial charge < -0.3 is 55.6 Å². The number of hydrogen-bond acceptors (Lipinski definition) is 16. The molecular weight excluding hydrogens is 871 g/mol. The Kier molecular flexibility index (Phi) is 17.5. The molecule has 7 rings (SSSR count). The van der Waals surface area contributed by atoms with Crippen LogP contribution in [0.1, 0.15) is 117 Å². The van der Waals surface area contributed by atoms with Gasteiger partial charge in [0.2, 0.25) is 0 Å². The summed E-state index contributed by atoms with van der Waals surface area (Å²) in [6.07, 6.45) is 11.8. The third-order valence-corrected chi connectivity index (χ3v) is 13.4. The van der Waals surface area contributed by atoms with E-state index in [2.05, 4.69) is 24.1 Å². The first-order chi connectivity index (χ1) is 32.1. The van der Waals surface area contributed by atoms with Gasteiger partial charge in [-0.1, -0.05) is 73.1 Å². The molecule has 5 aliphatic rings. The van der Waals surface area contributed by atoms with Gasteiger partial charge in [0, 0.05) is 80.8 Å². The number of fused-ring (bicyclic) bond motifs is 13. The number of esters is 1. The standard InChI is InChI=1S/C50H71N7O9.CH4O/c1-11-14-34(51)25-57(52)26-35(58)65-45-29(5)17-13-22-64-49(10)47(62)38-36-37(43(60)33(9)46(38)66-49)44(61)41(40-39(36)54-50(55-40)18-20-56(21-19-50)24-27(2)3)53-48(63)30(6)16-12-15-28(4)23-31(7)42(59)32(45)8;1-2/h12-13,15-16,22,25,27-29,31-32,42,45,59-61H,11,14,17-21,23-24,26,51-52H2,1-10H3,(H,53,63);2H,1H3/b15-12+,22-13+,30-16-,34-25-;/t28?,29-,31-,32-,42?,45?,49?;/m1./s1. The highest BCUT2D eigenvalue weighted by molar-refractivity contribution is 6.19. The molecule has 374 valence electrons. The number of hydrazine groups is 1. The molecule has 1 amide bonds. The van der Waals surface area contributed by atoms with Crippen molar-refractivity contribution in [3.05, 3.63) is 69.9 Å². The number of aliphatic hydroxyl groups is 2. The Labute approximate surface area is 400 Å². The first kappa shape index (κ1) is 53.5. The maximum atomic E-state index is 14.8. The average Bonchev–Trinajstić information content (AvgIpc) is 3.78. The molecule has 0 aliphatic carbocycles. The number of nitrogens with zero attached hydrogens (tertiary/aromatic N) is 4. The van der Waals surface area contributed by atoms with Gasteiger partial charge in [-0.3, -0.25) is 24.4 Å². The molecule has 0 radical (unpaired) electrons. The molecular formula is C51H75N7O10. The molecule has 7 atom stereocenters. The quantitative estimate of drug-likeness (QED) is 0.0745. The number of allylic oxidation sites excluding steroid dienone is 5. The predicted molar refractivity (Wildman–Crippen MR) is 261 cm³/mol. The van der Waals surface area contributed by atoms with E-state index in [1.54, 1.807) is 32.1 Å². The number of amides is 1. The molecule has 0 saturated carbocycles. The van der Waals surface area contributed by atoms with Crippen molar-refractivity contribution in [1.29, 1.82) is 0 Å². The number of anilines is 1.